The highest BCUT2D eigenvalue weighted by Crippen LogP contribution is 2.17. The largest absolute Gasteiger partial charge is 0.494 e. The van der Waals surface area contributed by atoms with Crippen LogP contribution in [-0.2, 0) is 14.3 Å². The van der Waals surface area contributed by atoms with Crippen molar-refractivity contribution < 1.29 is 19.1 Å². The van der Waals surface area contributed by atoms with Gasteiger partial charge in [0, 0.05) is 22.7 Å². The number of aryl methyl sites for hydroxylation is 2. The molecule has 1 amide bonds. The maximum atomic E-state index is 12.9. The first-order valence-corrected chi connectivity index (χ1v) is 10.2. The number of nitrogens with zero attached hydrogens (tertiary/aromatic N) is 1. The van der Waals surface area contributed by atoms with Crippen molar-refractivity contribution in [1.29, 1.82) is 0 Å². The van der Waals surface area contributed by atoms with Gasteiger partial charge in [0.05, 0.1) is 35.2 Å². The number of primary amides is 1. The summed E-state index contributed by atoms with van der Waals surface area (Å²) in [5.74, 6) is -0.482. The summed E-state index contributed by atoms with van der Waals surface area (Å²) in [4.78, 5) is 35.2. The van der Waals surface area contributed by atoms with Gasteiger partial charge in [0.25, 0.3) is 0 Å². The van der Waals surface area contributed by atoms with Crippen molar-refractivity contribution >= 4 is 29.2 Å². The molecule has 3 heterocycles. The predicted molar refractivity (Wildman–Crippen MR) is 119 cm³/mol. The molecule has 32 heavy (non-hydrogen) atoms. The molecule has 8 nitrogen and oxygen atoms in total. The zero-order valence-corrected chi connectivity index (χ0v) is 18.1. The number of para-hydroxylation sites is 1. The van der Waals surface area contributed by atoms with E-state index >= 15 is 0 Å². The fraction of sp³-hybridized carbons (Fsp3) is 0.208. The van der Waals surface area contributed by atoms with Gasteiger partial charge in [-0.05, 0) is 37.6 Å². The van der Waals surface area contributed by atoms with Gasteiger partial charge in [-0.15, -0.1) is 0 Å². The highest BCUT2D eigenvalue weighted by atomic mass is 16.5. The van der Waals surface area contributed by atoms with Gasteiger partial charge in [-0.3, -0.25) is 4.79 Å². The summed E-state index contributed by atoms with van der Waals surface area (Å²) in [5.41, 5.74) is 9.06. The standard InChI is InChI=1S/C24H24N4O4/c1-13-10-14(2)26-17(13)11-18-20(31-3)12-19(27-18)23-22(24(30)32-9-8-21(25)29)15-6-4-5-7-16(15)28-23/h4-7,10-12,26-27H,8-9H2,1-3H3,(H2,25,29). The van der Waals surface area contributed by atoms with Crippen LogP contribution in [0.1, 0.15) is 23.4 Å². The van der Waals surface area contributed by atoms with Crippen LogP contribution < -0.4 is 31.7 Å². The van der Waals surface area contributed by atoms with E-state index in [1.165, 1.54) is 0 Å². The summed E-state index contributed by atoms with van der Waals surface area (Å²) < 4.78 is 10.9. The van der Waals surface area contributed by atoms with E-state index in [4.69, 9.17) is 15.2 Å². The molecule has 0 unspecified atom stereocenters. The zero-order chi connectivity index (χ0) is 22.8. The van der Waals surface area contributed by atoms with Crippen LogP contribution in [-0.4, -0.2) is 35.6 Å². The Hall–Kier alpha value is -4.07. The average molecular weight is 432 g/mol. The molecular formula is C24H24N4O4. The van der Waals surface area contributed by atoms with Crippen LogP contribution >= 0.6 is 0 Å². The lowest BCUT2D eigenvalue weighted by molar-refractivity contribution is -0.137. The second-order valence-electron chi connectivity index (χ2n) is 7.56. The number of aromatic amines is 2. The van der Waals surface area contributed by atoms with Gasteiger partial charge in [0.2, 0.25) is 5.91 Å². The van der Waals surface area contributed by atoms with E-state index in [0.29, 0.717) is 32.9 Å². The van der Waals surface area contributed by atoms with E-state index < -0.39 is 11.9 Å². The average Bonchev–Trinajstić information content (AvgIpc) is 3.42. The number of fused-ring (bicyclic) bond motifs is 1. The summed E-state index contributed by atoms with van der Waals surface area (Å²) in [5, 5.41) is 2.69. The number of nitrogens with one attached hydrogen (secondary N) is 2. The molecule has 4 rings (SSSR count). The summed E-state index contributed by atoms with van der Waals surface area (Å²) in [7, 11) is 1.59. The normalized spacial score (nSPS) is 14.8. The molecule has 1 aliphatic heterocycles. The van der Waals surface area contributed by atoms with E-state index in [1.807, 2.05) is 44.2 Å². The number of hydrogen-bond acceptors (Lipinski definition) is 5. The number of amides is 1. The number of methoxy groups -OCH3 is 1. The van der Waals surface area contributed by atoms with Crippen LogP contribution in [0.25, 0.3) is 17.3 Å². The maximum absolute atomic E-state index is 12.9. The molecule has 2 aromatic heterocycles. The molecule has 0 bridgehead atoms. The fourth-order valence-corrected chi connectivity index (χ4v) is 3.70. The topological polar surface area (TPSA) is 123 Å². The van der Waals surface area contributed by atoms with Crippen molar-refractivity contribution in [3.63, 3.8) is 0 Å². The summed E-state index contributed by atoms with van der Waals surface area (Å²) in [6.45, 7) is 3.93. The first kappa shape index (κ1) is 21.2. The number of carbonyl (C=O) groups excluding carboxylic acids is 2. The van der Waals surface area contributed by atoms with E-state index in [-0.39, 0.29) is 13.0 Å². The minimum absolute atomic E-state index is 0.0442. The Morgan fingerprint density at radius 3 is 2.62 bits per heavy atom. The van der Waals surface area contributed by atoms with Crippen LogP contribution in [0, 0.1) is 13.8 Å². The van der Waals surface area contributed by atoms with Crippen LogP contribution in [0.15, 0.2) is 41.4 Å². The van der Waals surface area contributed by atoms with Crippen molar-refractivity contribution in [2.24, 2.45) is 10.7 Å². The molecule has 8 heteroatoms. The number of hydrogen-bond donors (Lipinski definition) is 3. The Labute approximate surface area is 183 Å². The molecule has 1 aromatic carbocycles. The van der Waals surface area contributed by atoms with Crippen molar-refractivity contribution in [3.8, 4) is 5.75 Å². The molecule has 4 N–H and O–H groups in total. The molecule has 0 atom stereocenters. The van der Waals surface area contributed by atoms with Crippen molar-refractivity contribution in [1.82, 2.24) is 9.97 Å². The number of esters is 1. The lowest BCUT2D eigenvalue weighted by Gasteiger charge is -2.05. The second kappa shape index (κ2) is 8.58. The Balaban J connectivity index is 1.87. The minimum atomic E-state index is -0.565. The molecule has 3 aromatic rings. The van der Waals surface area contributed by atoms with E-state index in [2.05, 4.69) is 21.0 Å². The number of ether oxygens (including phenoxy) is 2. The molecule has 0 fully saturated rings. The molecule has 1 aliphatic rings. The van der Waals surface area contributed by atoms with Crippen molar-refractivity contribution in [3.05, 3.63) is 74.6 Å². The summed E-state index contributed by atoms with van der Waals surface area (Å²) in [6, 6.07) is 11.2. The Kier molecular flexibility index (Phi) is 5.68. The van der Waals surface area contributed by atoms with Gasteiger partial charge < -0.3 is 25.2 Å². The number of carbonyl (C=O) groups is 2. The zero-order valence-electron chi connectivity index (χ0n) is 18.1. The van der Waals surface area contributed by atoms with Gasteiger partial charge in [-0.2, -0.15) is 0 Å². The number of nitrogens with two attached hydrogens (primary N) is 1. The van der Waals surface area contributed by atoms with E-state index in [1.54, 1.807) is 13.2 Å². The van der Waals surface area contributed by atoms with Crippen LogP contribution in [0.4, 0.5) is 0 Å². The molecule has 164 valence electrons. The third-order valence-corrected chi connectivity index (χ3v) is 5.19. The Bertz CT molecular complexity index is 1460. The first-order chi connectivity index (χ1) is 15.4. The fourth-order valence-electron chi connectivity index (χ4n) is 3.70. The molecule has 0 saturated heterocycles. The minimum Gasteiger partial charge on any atom is -0.494 e. The van der Waals surface area contributed by atoms with Gasteiger partial charge in [-0.25, -0.2) is 9.79 Å². The van der Waals surface area contributed by atoms with Crippen LogP contribution in [0.3, 0.4) is 0 Å². The van der Waals surface area contributed by atoms with E-state index in [9.17, 15) is 9.59 Å². The third kappa shape index (κ3) is 4.07. The number of aromatic nitrogens is 2. The monoisotopic (exact) mass is 432 g/mol. The SMILES string of the molecule is COc1cc(=C2N=c3ccccc3=C2C(=O)OCCC(N)=O)[nH]c1=Cc1[nH]c(C)cc1C. The second-order valence-corrected chi connectivity index (χ2v) is 7.56. The third-order valence-electron chi connectivity index (χ3n) is 5.19. The van der Waals surface area contributed by atoms with Crippen molar-refractivity contribution in [2.75, 3.05) is 13.7 Å². The number of rotatable bonds is 6. The molecule has 0 radical (unpaired) electrons. The molecular weight excluding hydrogens is 408 g/mol. The van der Waals surface area contributed by atoms with Gasteiger partial charge in [0.1, 0.15) is 18.1 Å². The predicted octanol–water partition coefficient (Wildman–Crippen LogP) is -0.192. The quantitative estimate of drug-likeness (QED) is 0.467. The number of benzene rings is 1. The highest BCUT2D eigenvalue weighted by Gasteiger charge is 2.23. The van der Waals surface area contributed by atoms with Crippen molar-refractivity contribution in [2.45, 2.75) is 20.3 Å². The van der Waals surface area contributed by atoms with Gasteiger partial charge in [-0.1, -0.05) is 18.2 Å². The van der Waals surface area contributed by atoms with Crippen LogP contribution in [0.2, 0.25) is 0 Å². The number of H-pyrrole nitrogens is 2. The Morgan fingerprint density at radius 1 is 1.16 bits per heavy atom. The van der Waals surface area contributed by atoms with Gasteiger partial charge >= 0.3 is 5.97 Å². The summed E-state index contributed by atoms with van der Waals surface area (Å²) in [6.07, 6.45) is 1.91. The molecule has 0 saturated carbocycles. The smallest absolute Gasteiger partial charge is 0.341 e. The van der Waals surface area contributed by atoms with Crippen LogP contribution in [0.5, 0.6) is 5.75 Å². The Morgan fingerprint density at radius 2 is 1.94 bits per heavy atom. The summed E-state index contributed by atoms with van der Waals surface area (Å²) >= 11 is 0. The molecule has 0 spiro atoms. The first-order valence-electron chi connectivity index (χ1n) is 10.2. The van der Waals surface area contributed by atoms with Gasteiger partial charge in [0.15, 0.2) is 0 Å². The maximum Gasteiger partial charge on any atom is 0.341 e. The molecule has 0 aliphatic carbocycles. The highest BCUT2D eigenvalue weighted by molar-refractivity contribution is 6.25. The lowest BCUT2D eigenvalue weighted by Crippen LogP contribution is -2.26. The van der Waals surface area contributed by atoms with E-state index in [0.717, 1.165) is 22.3 Å². The lowest BCUT2D eigenvalue weighted by atomic mass is 10.1.